The van der Waals surface area contributed by atoms with Crippen LogP contribution >= 0.6 is 11.6 Å². The maximum atomic E-state index is 13.5. The monoisotopic (exact) mass is 332 g/mol. The number of aryl methyl sites for hydroxylation is 1. The van der Waals surface area contributed by atoms with Crippen LogP contribution in [0, 0.1) is 0 Å². The number of carbonyl (C=O) groups excluding carboxylic acids is 1. The molecule has 1 fully saturated rings. The molecular formula is C15H19ClF2N2O2. The first-order valence-corrected chi connectivity index (χ1v) is 7.66. The standard InChI is InChI=1S/C15H19ClF2N2O2/c1-3-12-11(16)9-10(14(21)22-2)13(19-12)20-7-4-5-15(17,18)6-8-20/h9H,3-8H2,1-2H3. The number of hydrogen-bond donors (Lipinski definition) is 0. The molecule has 0 bridgehead atoms. The normalized spacial score (nSPS) is 18.0. The first kappa shape index (κ1) is 16.9. The molecule has 0 radical (unpaired) electrons. The molecule has 0 saturated carbocycles. The highest BCUT2D eigenvalue weighted by Crippen LogP contribution is 2.32. The number of halogens is 3. The van der Waals surface area contributed by atoms with Gasteiger partial charge in [-0.05, 0) is 18.9 Å². The van der Waals surface area contributed by atoms with Crippen LogP contribution < -0.4 is 4.90 Å². The number of alkyl halides is 2. The van der Waals surface area contributed by atoms with Crippen LogP contribution in [0.15, 0.2) is 6.07 Å². The second-order valence-electron chi connectivity index (χ2n) is 5.33. The van der Waals surface area contributed by atoms with Crippen molar-refractivity contribution in [2.75, 3.05) is 25.1 Å². The molecule has 4 nitrogen and oxygen atoms in total. The summed E-state index contributed by atoms with van der Waals surface area (Å²) in [5, 5.41) is 0.381. The van der Waals surface area contributed by atoms with Crippen molar-refractivity contribution in [3.05, 3.63) is 22.3 Å². The Balaban J connectivity index is 2.41. The van der Waals surface area contributed by atoms with Crippen LogP contribution in [-0.2, 0) is 11.2 Å². The van der Waals surface area contributed by atoms with E-state index in [2.05, 4.69) is 4.98 Å². The molecule has 1 saturated heterocycles. The third kappa shape index (κ3) is 3.66. The van der Waals surface area contributed by atoms with Crippen molar-refractivity contribution in [2.24, 2.45) is 0 Å². The Morgan fingerprint density at radius 1 is 1.45 bits per heavy atom. The lowest BCUT2D eigenvalue weighted by atomic mass is 10.1. The molecule has 2 heterocycles. The van der Waals surface area contributed by atoms with Gasteiger partial charge in [-0.2, -0.15) is 0 Å². The predicted molar refractivity (Wildman–Crippen MR) is 81.0 cm³/mol. The second kappa shape index (κ2) is 6.77. The zero-order valence-corrected chi connectivity index (χ0v) is 13.4. The lowest BCUT2D eigenvalue weighted by molar-refractivity contribution is -0.0102. The number of carbonyl (C=O) groups is 1. The van der Waals surface area contributed by atoms with E-state index < -0.39 is 11.9 Å². The fraction of sp³-hybridized carbons (Fsp3) is 0.600. The summed E-state index contributed by atoms with van der Waals surface area (Å²) < 4.78 is 31.8. The van der Waals surface area contributed by atoms with Crippen LogP contribution in [0.25, 0.3) is 0 Å². The van der Waals surface area contributed by atoms with Crippen molar-refractivity contribution < 1.29 is 18.3 Å². The van der Waals surface area contributed by atoms with Gasteiger partial charge in [-0.15, -0.1) is 0 Å². The third-order valence-corrected chi connectivity index (χ3v) is 4.11. The molecule has 0 aromatic carbocycles. The van der Waals surface area contributed by atoms with E-state index >= 15 is 0 Å². The fourth-order valence-electron chi connectivity index (χ4n) is 2.54. The number of methoxy groups -OCH3 is 1. The maximum absolute atomic E-state index is 13.5. The average Bonchev–Trinajstić information content (AvgIpc) is 2.67. The van der Waals surface area contributed by atoms with Crippen molar-refractivity contribution in [3.8, 4) is 0 Å². The molecule has 1 aromatic heterocycles. The topological polar surface area (TPSA) is 42.4 Å². The largest absolute Gasteiger partial charge is 0.465 e. The smallest absolute Gasteiger partial charge is 0.341 e. The molecule has 0 spiro atoms. The Labute approximate surface area is 133 Å². The highest BCUT2D eigenvalue weighted by atomic mass is 35.5. The minimum atomic E-state index is -2.67. The zero-order chi connectivity index (χ0) is 16.3. The van der Waals surface area contributed by atoms with Gasteiger partial charge in [-0.25, -0.2) is 18.6 Å². The minimum Gasteiger partial charge on any atom is -0.465 e. The van der Waals surface area contributed by atoms with Gasteiger partial charge in [0.15, 0.2) is 0 Å². The Morgan fingerprint density at radius 2 is 2.18 bits per heavy atom. The van der Waals surface area contributed by atoms with E-state index in [1.807, 2.05) is 6.92 Å². The van der Waals surface area contributed by atoms with E-state index in [-0.39, 0.29) is 24.9 Å². The summed E-state index contributed by atoms with van der Waals surface area (Å²) in [6.45, 7) is 2.47. The Kier molecular flexibility index (Phi) is 5.21. The van der Waals surface area contributed by atoms with Gasteiger partial charge in [0.05, 0.1) is 17.8 Å². The number of rotatable bonds is 3. The van der Waals surface area contributed by atoms with E-state index in [9.17, 15) is 13.6 Å². The van der Waals surface area contributed by atoms with Crippen molar-refractivity contribution in [3.63, 3.8) is 0 Å². The molecule has 0 aliphatic carbocycles. The molecular weight excluding hydrogens is 314 g/mol. The van der Waals surface area contributed by atoms with Crippen LogP contribution in [0.2, 0.25) is 5.02 Å². The van der Waals surface area contributed by atoms with Crippen LogP contribution in [0.1, 0.15) is 42.2 Å². The first-order chi connectivity index (χ1) is 10.4. The summed E-state index contributed by atoms with van der Waals surface area (Å²) in [4.78, 5) is 18.1. The highest BCUT2D eigenvalue weighted by Gasteiger charge is 2.33. The molecule has 22 heavy (non-hydrogen) atoms. The molecule has 1 aliphatic heterocycles. The molecule has 0 unspecified atom stereocenters. The number of esters is 1. The molecule has 1 aromatic rings. The lowest BCUT2D eigenvalue weighted by Crippen LogP contribution is -2.29. The molecule has 122 valence electrons. The fourth-order valence-corrected chi connectivity index (χ4v) is 2.83. The second-order valence-corrected chi connectivity index (χ2v) is 5.74. The van der Waals surface area contributed by atoms with Gasteiger partial charge in [-0.1, -0.05) is 18.5 Å². The van der Waals surface area contributed by atoms with Crippen molar-refractivity contribution in [1.29, 1.82) is 0 Å². The first-order valence-electron chi connectivity index (χ1n) is 7.28. The van der Waals surface area contributed by atoms with Crippen molar-refractivity contribution in [1.82, 2.24) is 4.98 Å². The van der Waals surface area contributed by atoms with E-state index in [0.29, 0.717) is 35.9 Å². The van der Waals surface area contributed by atoms with Gasteiger partial charge in [0.2, 0.25) is 5.92 Å². The predicted octanol–water partition coefficient (Wildman–Crippen LogP) is 3.71. The molecule has 0 atom stereocenters. The Hall–Kier alpha value is -1.43. The number of aromatic nitrogens is 1. The Morgan fingerprint density at radius 3 is 2.82 bits per heavy atom. The summed E-state index contributed by atoms with van der Waals surface area (Å²) >= 11 is 6.11. The van der Waals surface area contributed by atoms with Crippen LogP contribution in [-0.4, -0.2) is 37.1 Å². The summed E-state index contributed by atoms with van der Waals surface area (Å²) in [6, 6.07) is 1.51. The zero-order valence-electron chi connectivity index (χ0n) is 12.7. The van der Waals surface area contributed by atoms with Gasteiger partial charge in [0.1, 0.15) is 11.4 Å². The molecule has 0 amide bonds. The molecule has 7 heteroatoms. The van der Waals surface area contributed by atoms with Crippen molar-refractivity contribution in [2.45, 2.75) is 38.5 Å². The van der Waals surface area contributed by atoms with Gasteiger partial charge in [-0.3, -0.25) is 0 Å². The number of nitrogens with zero attached hydrogens (tertiary/aromatic N) is 2. The minimum absolute atomic E-state index is 0.148. The van der Waals surface area contributed by atoms with E-state index in [1.165, 1.54) is 13.2 Å². The van der Waals surface area contributed by atoms with Gasteiger partial charge in [0, 0.05) is 25.9 Å². The molecule has 0 N–H and O–H groups in total. The third-order valence-electron chi connectivity index (χ3n) is 3.79. The van der Waals surface area contributed by atoms with E-state index in [0.717, 1.165) is 0 Å². The number of anilines is 1. The highest BCUT2D eigenvalue weighted by molar-refractivity contribution is 6.31. The van der Waals surface area contributed by atoms with Gasteiger partial charge < -0.3 is 9.64 Å². The average molecular weight is 333 g/mol. The summed E-state index contributed by atoms with van der Waals surface area (Å²) in [6.07, 6.45) is 0.543. The SMILES string of the molecule is CCc1nc(N2CCCC(F)(F)CC2)c(C(=O)OC)cc1Cl. The van der Waals surface area contributed by atoms with Gasteiger partial charge in [0.25, 0.3) is 0 Å². The van der Waals surface area contributed by atoms with E-state index in [4.69, 9.17) is 16.3 Å². The van der Waals surface area contributed by atoms with Crippen LogP contribution in [0.5, 0.6) is 0 Å². The number of ether oxygens (including phenoxy) is 1. The van der Waals surface area contributed by atoms with Crippen LogP contribution in [0.3, 0.4) is 0 Å². The maximum Gasteiger partial charge on any atom is 0.341 e. The Bertz CT molecular complexity index is 567. The molecule has 2 rings (SSSR count). The molecule has 1 aliphatic rings. The number of pyridine rings is 1. The lowest BCUT2D eigenvalue weighted by Gasteiger charge is -2.24. The quantitative estimate of drug-likeness (QED) is 0.791. The summed E-state index contributed by atoms with van der Waals surface area (Å²) in [5.41, 5.74) is 0.857. The van der Waals surface area contributed by atoms with Crippen molar-refractivity contribution >= 4 is 23.4 Å². The van der Waals surface area contributed by atoms with Gasteiger partial charge >= 0.3 is 5.97 Å². The van der Waals surface area contributed by atoms with E-state index in [1.54, 1.807) is 4.90 Å². The number of hydrogen-bond acceptors (Lipinski definition) is 4. The summed E-state index contributed by atoms with van der Waals surface area (Å²) in [7, 11) is 1.27. The summed E-state index contributed by atoms with van der Waals surface area (Å²) in [5.74, 6) is -2.85. The van der Waals surface area contributed by atoms with Crippen LogP contribution in [0.4, 0.5) is 14.6 Å².